The fraction of sp³-hybridized carbons (Fsp3) is 0.375. The zero-order valence-electron chi connectivity index (χ0n) is 12.4. The van der Waals surface area contributed by atoms with Crippen LogP contribution in [0.25, 0.3) is 0 Å². The maximum atomic E-state index is 13.2. The highest BCUT2D eigenvalue weighted by atomic mass is 32.2. The molecule has 1 aromatic heterocycles. The molecule has 0 aliphatic carbocycles. The van der Waals surface area contributed by atoms with Gasteiger partial charge in [0.05, 0.1) is 4.90 Å². The molecule has 22 heavy (non-hydrogen) atoms. The predicted molar refractivity (Wildman–Crippen MR) is 82.6 cm³/mol. The summed E-state index contributed by atoms with van der Waals surface area (Å²) in [6, 6.07) is 8.12. The third-order valence-electron chi connectivity index (χ3n) is 4.23. The SMILES string of the molecule is Cc1cc(F)ccc1S(=O)(=O)N1CCC(n2cccc2)CC1. The van der Waals surface area contributed by atoms with Crippen LogP contribution in [0, 0.1) is 12.7 Å². The van der Waals surface area contributed by atoms with Crippen LogP contribution in [-0.4, -0.2) is 30.4 Å². The van der Waals surface area contributed by atoms with Gasteiger partial charge in [-0.15, -0.1) is 0 Å². The molecule has 0 amide bonds. The van der Waals surface area contributed by atoms with E-state index in [2.05, 4.69) is 4.57 Å². The normalized spacial score (nSPS) is 17.7. The summed E-state index contributed by atoms with van der Waals surface area (Å²) in [4.78, 5) is 0.202. The van der Waals surface area contributed by atoms with Crippen molar-refractivity contribution in [3.8, 4) is 0 Å². The molecule has 4 nitrogen and oxygen atoms in total. The van der Waals surface area contributed by atoms with Crippen LogP contribution < -0.4 is 0 Å². The zero-order valence-corrected chi connectivity index (χ0v) is 13.3. The minimum atomic E-state index is -3.54. The van der Waals surface area contributed by atoms with E-state index in [0.29, 0.717) is 24.7 Å². The van der Waals surface area contributed by atoms with E-state index in [9.17, 15) is 12.8 Å². The second-order valence-corrected chi connectivity index (χ2v) is 7.58. The van der Waals surface area contributed by atoms with Gasteiger partial charge in [0.1, 0.15) is 5.82 Å². The molecule has 1 aromatic carbocycles. The summed E-state index contributed by atoms with van der Waals surface area (Å²) in [6.07, 6.45) is 5.60. The van der Waals surface area contributed by atoms with Crippen molar-refractivity contribution < 1.29 is 12.8 Å². The highest BCUT2D eigenvalue weighted by Gasteiger charge is 2.30. The molecule has 2 heterocycles. The Kier molecular flexibility index (Phi) is 4.06. The average molecular weight is 322 g/mol. The Labute approximate surface area is 130 Å². The summed E-state index contributed by atoms with van der Waals surface area (Å²) in [7, 11) is -3.54. The Morgan fingerprint density at radius 3 is 2.36 bits per heavy atom. The van der Waals surface area contributed by atoms with Crippen LogP contribution in [0.4, 0.5) is 4.39 Å². The van der Waals surface area contributed by atoms with Crippen LogP contribution in [0.3, 0.4) is 0 Å². The number of aromatic nitrogens is 1. The van der Waals surface area contributed by atoms with E-state index < -0.39 is 15.8 Å². The lowest BCUT2D eigenvalue weighted by Gasteiger charge is -2.32. The third kappa shape index (κ3) is 2.80. The number of rotatable bonds is 3. The first-order valence-electron chi connectivity index (χ1n) is 7.37. The van der Waals surface area contributed by atoms with Crippen molar-refractivity contribution in [3.63, 3.8) is 0 Å². The lowest BCUT2D eigenvalue weighted by Crippen LogP contribution is -2.39. The number of aryl methyl sites for hydroxylation is 1. The highest BCUT2D eigenvalue weighted by molar-refractivity contribution is 7.89. The van der Waals surface area contributed by atoms with Crippen LogP contribution in [0.15, 0.2) is 47.6 Å². The molecule has 1 aliphatic rings. The first kappa shape index (κ1) is 15.2. The molecule has 1 aliphatic heterocycles. The highest BCUT2D eigenvalue weighted by Crippen LogP contribution is 2.28. The van der Waals surface area contributed by atoms with E-state index in [1.807, 2.05) is 24.5 Å². The summed E-state index contributed by atoms with van der Waals surface area (Å²) in [5.41, 5.74) is 0.451. The van der Waals surface area contributed by atoms with Gasteiger partial charge in [-0.3, -0.25) is 0 Å². The summed E-state index contributed by atoms with van der Waals surface area (Å²) in [6.45, 7) is 2.60. The van der Waals surface area contributed by atoms with Crippen LogP contribution in [0.5, 0.6) is 0 Å². The molecular formula is C16H19FN2O2S. The molecule has 0 bridgehead atoms. The largest absolute Gasteiger partial charge is 0.351 e. The number of sulfonamides is 1. The van der Waals surface area contributed by atoms with Gasteiger partial charge >= 0.3 is 0 Å². The van der Waals surface area contributed by atoms with Crippen molar-refractivity contribution in [2.45, 2.75) is 30.7 Å². The lowest BCUT2D eigenvalue weighted by molar-refractivity contribution is 0.274. The minimum absolute atomic E-state index is 0.202. The number of nitrogens with zero attached hydrogens (tertiary/aromatic N) is 2. The van der Waals surface area contributed by atoms with Gasteiger partial charge in [-0.1, -0.05) is 0 Å². The molecule has 3 rings (SSSR count). The van der Waals surface area contributed by atoms with Gasteiger partial charge in [-0.2, -0.15) is 4.31 Å². The van der Waals surface area contributed by atoms with E-state index in [0.717, 1.165) is 12.8 Å². The lowest BCUT2D eigenvalue weighted by atomic mass is 10.1. The fourth-order valence-electron chi connectivity index (χ4n) is 3.01. The van der Waals surface area contributed by atoms with E-state index in [1.54, 1.807) is 6.92 Å². The Morgan fingerprint density at radius 2 is 1.77 bits per heavy atom. The number of piperidine rings is 1. The molecule has 1 fully saturated rings. The first-order valence-corrected chi connectivity index (χ1v) is 8.81. The van der Waals surface area contributed by atoms with Crippen molar-refractivity contribution in [1.29, 1.82) is 0 Å². The molecule has 0 saturated carbocycles. The minimum Gasteiger partial charge on any atom is -0.351 e. The molecule has 0 spiro atoms. The second kappa shape index (κ2) is 5.85. The Morgan fingerprint density at radius 1 is 1.14 bits per heavy atom. The van der Waals surface area contributed by atoms with E-state index in [4.69, 9.17) is 0 Å². The topological polar surface area (TPSA) is 42.3 Å². The van der Waals surface area contributed by atoms with Crippen molar-refractivity contribution in [3.05, 3.63) is 54.1 Å². The van der Waals surface area contributed by atoms with E-state index >= 15 is 0 Å². The molecule has 0 atom stereocenters. The van der Waals surface area contributed by atoms with Crippen LogP contribution in [0.2, 0.25) is 0 Å². The quantitative estimate of drug-likeness (QED) is 0.872. The molecule has 6 heteroatoms. The van der Waals surface area contributed by atoms with Gasteiger partial charge in [0.2, 0.25) is 10.0 Å². The number of hydrogen-bond donors (Lipinski definition) is 0. The molecule has 0 N–H and O–H groups in total. The van der Waals surface area contributed by atoms with Gasteiger partial charge in [0.15, 0.2) is 0 Å². The van der Waals surface area contributed by atoms with Crippen molar-refractivity contribution >= 4 is 10.0 Å². The van der Waals surface area contributed by atoms with Crippen molar-refractivity contribution in [1.82, 2.24) is 8.87 Å². The Balaban J connectivity index is 1.77. The summed E-state index contributed by atoms with van der Waals surface area (Å²) < 4.78 is 42.2. The monoisotopic (exact) mass is 322 g/mol. The molecular weight excluding hydrogens is 303 g/mol. The molecule has 0 radical (unpaired) electrons. The fourth-order valence-corrected chi connectivity index (χ4v) is 4.69. The van der Waals surface area contributed by atoms with Crippen LogP contribution in [0.1, 0.15) is 24.4 Å². The second-order valence-electron chi connectivity index (χ2n) is 5.68. The third-order valence-corrected chi connectivity index (χ3v) is 6.29. The van der Waals surface area contributed by atoms with Gasteiger partial charge in [-0.25, -0.2) is 12.8 Å². The van der Waals surface area contributed by atoms with Gasteiger partial charge in [-0.05, 0) is 55.7 Å². The molecule has 0 unspecified atom stereocenters. The van der Waals surface area contributed by atoms with Gasteiger partial charge < -0.3 is 4.57 Å². The Hall–Kier alpha value is -1.66. The van der Waals surface area contributed by atoms with Crippen molar-refractivity contribution in [2.24, 2.45) is 0 Å². The number of halogens is 1. The smallest absolute Gasteiger partial charge is 0.243 e. The molecule has 1 saturated heterocycles. The summed E-state index contributed by atoms with van der Waals surface area (Å²) >= 11 is 0. The average Bonchev–Trinajstić information content (AvgIpc) is 3.01. The maximum absolute atomic E-state index is 13.2. The number of benzene rings is 1. The molecule has 2 aromatic rings. The standard InChI is InChI=1S/C16H19FN2O2S/c1-13-12-14(17)4-5-16(13)22(20,21)19-10-6-15(7-11-19)18-8-2-3-9-18/h2-5,8-9,12,15H,6-7,10-11H2,1H3. The zero-order chi connectivity index (χ0) is 15.7. The molecule has 118 valence electrons. The predicted octanol–water partition coefficient (Wildman–Crippen LogP) is 2.96. The van der Waals surface area contributed by atoms with Gasteiger partial charge in [0.25, 0.3) is 0 Å². The van der Waals surface area contributed by atoms with Crippen LogP contribution in [-0.2, 0) is 10.0 Å². The summed E-state index contributed by atoms with van der Waals surface area (Å²) in [5.74, 6) is -0.414. The number of hydrogen-bond acceptors (Lipinski definition) is 2. The van der Waals surface area contributed by atoms with E-state index in [-0.39, 0.29) is 4.90 Å². The van der Waals surface area contributed by atoms with Crippen LogP contribution >= 0.6 is 0 Å². The maximum Gasteiger partial charge on any atom is 0.243 e. The van der Waals surface area contributed by atoms with Crippen molar-refractivity contribution in [2.75, 3.05) is 13.1 Å². The Bertz CT molecular complexity index is 748. The van der Waals surface area contributed by atoms with E-state index in [1.165, 1.54) is 22.5 Å². The summed E-state index contributed by atoms with van der Waals surface area (Å²) in [5, 5.41) is 0. The van der Waals surface area contributed by atoms with Gasteiger partial charge in [0, 0.05) is 31.5 Å². The first-order chi connectivity index (χ1) is 10.5.